The smallest absolute Gasteiger partial charge is 0.410 e. The second-order valence-electron chi connectivity index (χ2n) is 11.5. The number of pyridine rings is 1. The first-order valence-corrected chi connectivity index (χ1v) is 13.8. The standard InChI is InChI=1S/C33H39N3O4/c1-22-18-23(2)20-26(19-22)30-27(28-21-25(31(37)38)9-10-29(28)35-30)13-17-36(32(39)40-33(3,4)5)16-7-6-8-24-11-14-34-15-12-24/h9-12,14-15,18-21,35H,6-8,13,16-17H2,1-5H3,(H,37,38). The van der Waals surface area contributed by atoms with Crippen LogP contribution in [0.2, 0.25) is 0 Å². The van der Waals surface area contributed by atoms with Gasteiger partial charge < -0.3 is 19.7 Å². The van der Waals surface area contributed by atoms with Crippen molar-refractivity contribution in [2.24, 2.45) is 0 Å². The summed E-state index contributed by atoms with van der Waals surface area (Å²) in [6, 6.07) is 15.6. The van der Waals surface area contributed by atoms with Crippen LogP contribution < -0.4 is 0 Å². The van der Waals surface area contributed by atoms with Crippen molar-refractivity contribution in [3.8, 4) is 11.3 Å². The molecule has 2 aromatic heterocycles. The van der Waals surface area contributed by atoms with Gasteiger partial charge in [0.2, 0.25) is 0 Å². The molecular weight excluding hydrogens is 502 g/mol. The molecule has 2 heterocycles. The number of aromatic carboxylic acids is 1. The molecule has 7 heteroatoms. The molecule has 4 aromatic rings. The van der Waals surface area contributed by atoms with Gasteiger partial charge >= 0.3 is 12.1 Å². The van der Waals surface area contributed by atoms with Crippen LogP contribution in [0.3, 0.4) is 0 Å². The summed E-state index contributed by atoms with van der Waals surface area (Å²) in [5, 5.41) is 10.5. The number of amides is 1. The number of unbranched alkanes of at least 4 members (excludes halogenated alkanes) is 1. The Morgan fingerprint density at radius 2 is 1.62 bits per heavy atom. The van der Waals surface area contributed by atoms with E-state index in [1.165, 1.54) is 5.56 Å². The molecule has 0 aliphatic rings. The van der Waals surface area contributed by atoms with E-state index in [9.17, 15) is 14.7 Å². The normalized spacial score (nSPS) is 11.5. The fraction of sp³-hybridized carbons (Fsp3) is 0.364. The Balaban J connectivity index is 1.62. The number of rotatable bonds is 10. The first-order chi connectivity index (χ1) is 19.0. The lowest BCUT2D eigenvalue weighted by Gasteiger charge is -2.27. The number of carbonyl (C=O) groups excluding carboxylic acids is 1. The molecule has 0 spiro atoms. The van der Waals surface area contributed by atoms with Gasteiger partial charge in [0.25, 0.3) is 0 Å². The van der Waals surface area contributed by atoms with Crippen molar-refractivity contribution in [3.63, 3.8) is 0 Å². The number of aryl methyl sites for hydroxylation is 3. The van der Waals surface area contributed by atoms with Crippen LogP contribution in [0, 0.1) is 13.8 Å². The number of nitrogens with one attached hydrogen (secondary N) is 1. The Hall–Kier alpha value is -4.13. The quantitative estimate of drug-likeness (QED) is 0.205. The molecule has 2 N–H and O–H groups in total. The number of fused-ring (bicyclic) bond motifs is 1. The minimum Gasteiger partial charge on any atom is -0.478 e. The maximum Gasteiger partial charge on any atom is 0.410 e. The maximum absolute atomic E-state index is 13.2. The predicted octanol–water partition coefficient (Wildman–Crippen LogP) is 7.35. The average Bonchev–Trinajstić information content (AvgIpc) is 3.25. The van der Waals surface area contributed by atoms with Crippen molar-refractivity contribution in [1.29, 1.82) is 0 Å². The fourth-order valence-electron chi connectivity index (χ4n) is 5.05. The summed E-state index contributed by atoms with van der Waals surface area (Å²) in [6.07, 6.45) is 6.50. The minimum absolute atomic E-state index is 0.236. The second kappa shape index (κ2) is 12.4. The minimum atomic E-state index is -0.966. The Morgan fingerprint density at radius 1 is 0.925 bits per heavy atom. The molecule has 0 saturated carbocycles. The van der Waals surface area contributed by atoms with Gasteiger partial charge in [-0.15, -0.1) is 0 Å². The van der Waals surface area contributed by atoms with Crippen molar-refractivity contribution in [2.75, 3.05) is 13.1 Å². The third kappa shape index (κ3) is 7.50. The Kier molecular flexibility index (Phi) is 8.93. The van der Waals surface area contributed by atoms with E-state index in [1.807, 2.05) is 39.0 Å². The van der Waals surface area contributed by atoms with Gasteiger partial charge in [-0.25, -0.2) is 9.59 Å². The molecule has 0 radical (unpaired) electrons. The number of benzene rings is 2. The molecule has 0 aliphatic heterocycles. The third-order valence-electron chi connectivity index (χ3n) is 6.84. The molecule has 0 atom stereocenters. The number of H-pyrrole nitrogens is 1. The number of hydrogen-bond donors (Lipinski definition) is 2. The van der Waals surface area contributed by atoms with E-state index >= 15 is 0 Å². The van der Waals surface area contributed by atoms with Gasteiger partial charge in [0, 0.05) is 42.1 Å². The highest BCUT2D eigenvalue weighted by Crippen LogP contribution is 2.33. The third-order valence-corrected chi connectivity index (χ3v) is 6.84. The van der Waals surface area contributed by atoms with Gasteiger partial charge in [-0.2, -0.15) is 0 Å². The first kappa shape index (κ1) is 28.9. The van der Waals surface area contributed by atoms with Crippen molar-refractivity contribution < 1.29 is 19.4 Å². The predicted molar refractivity (Wildman–Crippen MR) is 159 cm³/mol. The SMILES string of the molecule is Cc1cc(C)cc(-c2[nH]c3ccc(C(=O)O)cc3c2CCN(CCCCc2ccncc2)C(=O)OC(C)(C)C)c1. The number of carboxylic acid groups (broad SMARTS) is 1. The molecule has 40 heavy (non-hydrogen) atoms. The van der Waals surface area contributed by atoms with E-state index in [-0.39, 0.29) is 11.7 Å². The fourth-order valence-corrected chi connectivity index (χ4v) is 5.05. The zero-order chi connectivity index (χ0) is 28.9. The Labute approximate surface area is 236 Å². The summed E-state index contributed by atoms with van der Waals surface area (Å²) >= 11 is 0. The zero-order valence-corrected chi connectivity index (χ0v) is 24.1. The molecule has 2 aromatic carbocycles. The van der Waals surface area contributed by atoms with Crippen LogP contribution in [0.4, 0.5) is 4.79 Å². The summed E-state index contributed by atoms with van der Waals surface area (Å²) < 4.78 is 5.76. The van der Waals surface area contributed by atoms with Crippen LogP contribution in [0.5, 0.6) is 0 Å². The lowest BCUT2D eigenvalue weighted by atomic mass is 9.98. The number of ether oxygens (including phenoxy) is 1. The molecule has 0 aliphatic carbocycles. The number of nitrogens with zero attached hydrogens (tertiary/aromatic N) is 2. The van der Waals surface area contributed by atoms with Gasteiger partial charge in [-0.05, 0) is 119 Å². The van der Waals surface area contributed by atoms with Crippen LogP contribution in [-0.2, 0) is 17.6 Å². The number of hydrogen-bond acceptors (Lipinski definition) is 4. The first-order valence-electron chi connectivity index (χ1n) is 13.8. The van der Waals surface area contributed by atoms with Crippen molar-refractivity contribution in [2.45, 2.75) is 65.9 Å². The van der Waals surface area contributed by atoms with Crippen LogP contribution in [0.1, 0.15) is 66.2 Å². The van der Waals surface area contributed by atoms with E-state index in [2.05, 4.69) is 42.0 Å². The van der Waals surface area contributed by atoms with Crippen molar-refractivity contribution in [3.05, 3.63) is 88.7 Å². The molecule has 1 amide bonds. The molecule has 210 valence electrons. The average molecular weight is 542 g/mol. The van der Waals surface area contributed by atoms with Crippen LogP contribution in [0.25, 0.3) is 22.2 Å². The van der Waals surface area contributed by atoms with E-state index in [4.69, 9.17) is 4.74 Å². The lowest BCUT2D eigenvalue weighted by molar-refractivity contribution is 0.0249. The Bertz CT molecular complexity index is 1460. The summed E-state index contributed by atoms with van der Waals surface area (Å²) in [5.41, 5.74) is 7.01. The van der Waals surface area contributed by atoms with Crippen LogP contribution in [0.15, 0.2) is 60.9 Å². The Morgan fingerprint density at radius 3 is 2.27 bits per heavy atom. The van der Waals surface area contributed by atoms with Gasteiger partial charge in [0.1, 0.15) is 5.60 Å². The van der Waals surface area contributed by atoms with Crippen LogP contribution >= 0.6 is 0 Å². The zero-order valence-electron chi connectivity index (χ0n) is 24.1. The molecule has 0 bridgehead atoms. The summed E-state index contributed by atoms with van der Waals surface area (Å²) in [6.45, 7) is 10.8. The van der Waals surface area contributed by atoms with Gasteiger partial charge in [-0.3, -0.25) is 4.98 Å². The highest BCUT2D eigenvalue weighted by Gasteiger charge is 2.23. The molecule has 4 rings (SSSR count). The van der Waals surface area contributed by atoms with Crippen LogP contribution in [-0.4, -0.2) is 50.7 Å². The second-order valence-corrected chi connectivity index (χ2v) is 11.5. The molecule has 0 unspecified atom stereocenters. The van der Waals surface area contributed by atoms with E-state index in [0.29, 0.717) is 19.5 Å². The van der Waals surface area contributed by atoms with Gasteiger partial charge in [0.15, 0.2) is 0 Å². The molecule has 7 nitrogen and oxygen atoms in total. The largest absolute Gasteiger partial charge is 0.478 e. The summed E-state index contributed by atoms with van der Waals surface area (Å²) in [7, 11) is 0. The van der Waals surface area contributed by atoms with Crippen molar-refractivity contribution in [1.82, 2.24) is 14.9 Å². The van der Waals surface area contributed by atoms with Crippen molar-refractivity contribution >= 4 is 23.0 Å². The van der Waals surface area contributed by atoms with Gasteiger partial charge in [-0.1, -0.05) is 17.2 Å². The number of carboxylic acids is 1. The lowest BCUT2D eigenvalue weighted by Crippen LogP contribution is -2.38. The molecular formula is C33H39N3O4. The number of aromatic amines is 1. The monoisotopic (exact) mass is 541 g/mol. The molecule has 0 fully saturated rings. The molecule has 0 saturated heterocycles. The summed E-state index contributed by atoms with van der Waals surface area (Å²) in [4.78, 5) is 34.4. The van der Waals surface area contributed by atoms with Gasteiger partial charge in [0.05, 0.1) is 5.56 Å². The number of aromatic nitrogens is 2. The van der Waals surface area contributed by atoms with E-state index < -0.39 is 11.6 Å². The van der Waals surface area contributed by atoms with E-state index in [1.54, 1.807) is 29.4 Å². The highest BCUT2D eigenvalue weighted by atomic mass is 16.6. The summed E-state index contributed by atoms with van der Waals surface area (Å²) in [5.74, 6) is -0.966. The number of carbonyl (C=O) groups is 2. The van der Waals surface area contributed by atoms with E-state index in [0.717, 1.165) is 58.1 Å². The topological polar surface area (TPSA) is 95.5 Å². The highest BCUT2D eigenvalue weighted by molar-refractivity contribution is 5.97. The maximum atomic E-state index is 13.2.